The van der Waals surface area contributed by atoms with Crippen molar-refractivity contribution >= 4 is 120 Å². The molecule has 0 unspecified atom stereocenters. The molecule has 4 aromatic carbocycles. The van der Waals surface area contributed by atoms with E-state index in [2.05, 4.69) is 84.6 Å². The zero-order valence-corrected chi connectivity index (χ0v) is 35.6. The second kappa shape index (κ2) is 19.7. The first kappa shape index (κ1) is 37.1. The molecule has 0 nitrogen and oxygen atoms in total. The lowest BCUT2D eigenvalue weighted by molar-refractivity contribution is 1.13. The summed E-state index contributed by atoms with van der Waals surface area (Å²) in [6.45, 7) is 0. The van der Waals surface area contributed by atoms with Crippen LogP contribution in [0.5, 0.6) is 0 Å². The Bertz CT molecular complexity index is 1190. The van der Waals surface area contributed by atoms with Crippen molar-refractivity contribution in [2.24, 2.45) is 0 Å². The normalized spacial score (nSPS) is 18.5. The molecule has 0 saturated heterocycles. The molecule has 0 aromatic heterocycles. The second-order valence-corrected chi connectivity index (χ2v) is 25.5. The average Bonchev–Trinajstić information content (AvgIpc) is 3.08. The van der Waals surface area contributed by atoms with Gasteiger partial charge < -0.3 is 0 Å². The monoisotopic (exact) mass is 834 g/mol. The van der Waals surface area contributed by atoms with Crippen LogP contribution in [0.1, 0.15) is 66.8 Å². The molecule has 12 bridgehead atoms. The molecule has 0 fully saturated rings. The van der Waals surface area contributed by atoms with Crippen LogP contribution in [0, 0.1) is 0 Å². The summed E-state index contributed by atoms with van der Waals surface area (Å²) in [6, 6.07) is 29.8. The van der Waals surface area contributed by atoms with Gasteiger partial charge in [0.15, 0.2) is 0 Å². The van der Waals surface area contributed by atoms with Gasteiger partial charge in [-0.15, -0.1) is 0 Å². The van der Waals surface area contributed by atoms with Crippen LogP contribution >= 0.6 is 120 Å². The molecule has 4 heterocycles. The van der Waals surface area contributed by atoms with Gasteiger partial charge in [-0.05, 0) is 78.9 Å². The van der Waals surface area contributed by atoms with Crippen molar-refractivity contribution in [3.8, 4) is 0 Å². The lowest BCUT2D eigenvalue weighted by Gasteiger charge is -2.11. The van der Waals surface area contributed by atoms with Crippen LogP contribution < -0.4 is 0 Å². The number of fused-ring (bicyclic) bond motifs is 18. The van der Waals surface area contributed by atoms with Crippen LogP contribution in [0.15, 0.2) is 72.8 Å². The Morgan fingerprint density at radius 1 is 0.229 bits per heavy atom. The summed E-state index contributed by atoms with van der Waals surface area (Å²) in [4.78, 5) is 0. The van der Waals surface area contributed by atoms with Gasteiger partial charge in [0.1, 0.15) is 0 Å². The van der Waals surface area contributed by atoms with Gasteiger partial charge in [-0.2, -0.15) is 11.8 Å². The van der Waals surface area contributed by atoms with E-state index in [-0.39, 0.29) is 0 Å². The molecule has 48 heavy (non-hydrogen) atoms. The predicted octanol–water partition coefficient (Wildman–Crippen LogP) is 14.5. The standard InChI is InChI=1S/C37H38S11/c1-2-38-15-27-5-30-8-31(6-27)19-42-46-23-35-10-33-12-37(14-35)25-48-47-24-36-11-32(9-34(13-36)22-45-41-18-30)20-43-39-16-28-3-26(1)4-29(7-28)17-40-44-21-33/h3-14H,1-2,15-25H2. The summed E-state index contributed by atoms with van der Waals surface area (Å²) in [5, 5.41) is 0. The molecule has 252 valence electrons. The van der Waals surface area contributed by atoms with Gasteiger partial charge in [-0.3, -0.25) is 0 Å². The Balaban J connectivity index is 1.27. The Kier molecular flexibility index (Phi) is 15.2. The van der Waals surface area contributed by atoms with Crippen molar-refractivity contribution in [1.29, 1.82) is 0 Å². The van der Waals surface area contributed by atoms with Crippen molar-refractivity contribution in [1.82, 2.24) is 0 Å². The number of thioether (sulfide) groups is 1. The number of rotatable bonds is 0. The summed E-state index contributed by atoms with van der Waals surface area (Å²) < 4.78 is 0. The summed E-state index contributed by atoms with van der Waals surface area (Å²) in [7, 11) is 20.2. The van der Waals surface area contributed by atoms with Crippen molar-refractivity contribution < 1.29 is 0 Å². The van der Waals surface area contributed by atoms with Gasteiger partial charge in [0.25, 0.3) is 0 Å². The average molecular weight is 835 g/mol. The van der Waals surface area contributed by atoms with Crippen LogP contribution in [-0.4, -0.2) is 5.75 Å². The van der Waals surface area contributed by atoms with E-state index < -0.39 is 0 Å². The second-order valence-electron chi connectivity index (χ2n) is 12.1. The first-order chi connectivity index (χ1) is 23.7. The van der Waals surface area contributed by atoms with Crippen molar-refractivity contribution in [3.63, 3.8) is 0 Å². The molecule has 4 aliphatic heterocycles. The summed E-state index contributed by atoms with van der Waals surface area (Å²) in [6.07, 6.45) is 1.13. The molecular formula is C37H38S11. The Morgan fingerprint density at radius 2 is 0.417 bits per heavy atom. The van der Waals surface area contributed by atoms with E-state index in [1.54, 1.807) is 0 Å². The lowest BCUT2D eigenvalue weighted by Crippen LogP contribution is -1.96. The van der Waals surface area contributed by atoms with Crippen molar-refractivity contribution in [2.45, 2.75) is 69.7 Å². The molecule has 0 aliphatic carbocycles. The Labute approximate surface area is 331 Å². The topological polar surface area (TPSA) is 0 Å². The van der Waals surface area contributed by atoms with E-state index in [1.165, 1.54) is 66.8 Å². The fraction of sp³-hybridized carbons (Fsp3) is 0.351. The first-order valence-corrected chi connectivity index (χ1v) is 29.6. The SMILES string of the molecule is c1c2cc3cc1CSSCc1cc4cc(c1)CSSCc1cc(cc(c1)CSSCc1cc(cc(c1)CSSC4)CSCC2)CSSC3. The van der Waals surface area contributed by atoms with E-state index in [4.69, 9.17) is 0 Å². The molecule has 0 atom stereocenters. The third kappa shape index (κ3) is 11.9. The largest absolute Gasteiger partial charge is 0.157 e. The predicted molar refractivity (Wildman–Crippen MR) is 239 cm³/mol. The molecule has 4 aliphatic rings. The maximum Gasteiger partial charge on any atom is 0.0289 e. The van der Waals surface area contributed by atoms with Gasteiger partial charge in [0, 0.05) is 63.3 Å². The number of benzene rings is 4. The molecule has 4 aromatic rings. The van der Waals surface area contributed by atoms with Gasteiger partial charge in [-0.25, -0.2) is 0 Å². The minimum Gasteiger partial charge on any atom is -0.157 e. The molecule has 8 rings (SSSR count). The van der Waals surface area contributed by atoms with Crippen LogP contribution in [-0.2, 0) is 69.7 Å². The van der Waals surface area contributed by atoms with Crippen LogP contribution in [0.4, 0.5) is 0 Å². The van der Waals surface area contributed by atoms with Gasteiger partial charge in [-0.1, -0.05) is 181 Å². The van der Waals surface area contributed by atoms with E-state index >= 15 is 0 Å². The van der Waals surface area contributed by atoms with Gasteiger partial charge in [0.2, 0.25) is 0 Å². The number of hydrogen-bond acceptors (Lipinski definition) is 11. The zero-order chi connectivity index (χ0) is 32.4. The van der Waals surface area contributed by atoms with E-state index in [0.29, 0.717) is 0 Å². The zero-order valence-electron chi connectivity index (χ0n) is 26.6. The van der Waals surface area contributed by atoms with Crippen LogP contribution in [0.2, 0.25) is 0 Å². The fourth-order valence-corrected chi connectivity index (χ4v) is 17.3. The number of aryl methyl sites for hydroxylation is 1. The van der Waals surface area contributed by atoms with Crippen molar-refractivity contribution in [2.75, 3.05) is 5.75 Å². The first-order valence-electron chi connectivity index (χ1n) is 16.0. The van der Waals surface area contributed by atoms with E-state index in [1.807, 2.05) is 108 Å². The molecule has 0 N–H and O–H groups in total. The minimum absolute atomic E-state index is 1.05. The summed E-state index contributed by atoms with van der Waals surface area (Å²) >= 11 is 2.10. The van der Waals surface area contributed by atoms with Gasteiger partial charge >= 0.3 is 0 Å². The minimum atomic E-state index is 1.05. The molecule has 0 saturated carbocycles. The Morgan fingerprint density at radius 3 is 0.646 bits per heavy atom. The third-order valence-corrected chi connectivity index (χ3v) is 20.3. The highest BCUT2D eigenvalue weighted by atomic mass is 33.1. The number of hydrogen-bond donors (Lipinski definition) is 0. The Hall–Kier alpha value is 0.730. The highest BCUT2D eigenvalue weighted by Crippen LogP contribution is 2.39. The van der Waals surface area contributed by atoms with Gasteiger partial charge in [0.05, 0.1) is 0 Å². The summed E-state index contributed by atoms with van der Waals surface area (Å²) in [5.74, 6) is 12.8. The quantitative estimate of drug-likeness (QED) is 0.156. The summed E-state index contributed by atoms with van der Waals surface area (Å²) in [5.41, 5.74) is 17.7. The third-order valence-electron chi connectivity index (χ3n) is 7.93. The van der Waals surface area contributed by atoms with E-state index in [0.717, 1.165) is 75.5 Å². The lowest BCUT2D eigenvalue weighted by atomic mass is 10.1. The van der Waals surface area contributed by atoms with Crippen LogP contribution in [0.25, 0.3) is 0 Å². The maximum atomic E-state index is 2.49. The molecule has 0 radical (unpaired) electrons. The fourth-order valence-electron chi connectivity index (χ4n) is 5.90. The molecule has 0 amide bonds. The molecule has 11 heteroatoms. The highest BCUT2D eigenvalue weighted by molar-refractivity contribution is 8.77. The maximum absolute atomic E-state index is 2.49. The van der Waals surface area contributed by atoms with E-state index in [9.17, 15) is 0 Å². The van der Waals surface area contributed by atoms with Crippen LogP contribution in [0.3, 0.4) is 0 Å². The molecular weight excluding hydrogens is 797 g/mol. The highest BCUT2D eigenvalue weighted by Gasteiger charge is 2.11. The smallest absolute Gasteiger partial charge is 0.0289 e. The van der Waals surface area contributed by atoms with Crippen molar-refractivity contribution in [3.05, 3.63) is 140 Å². The molecule has 0 spiro atoms.